The number of halogens is 3. The molecule has 4 rings (SSSR count). The Morgan fingerprint density at radius 3 is 2.45 bits per heavy atom. The second-order valence-corrected chi connectivity index (χ2v) is 8.59. The molecule has 0 saturated carbocycles. The zero-order valence-electron chi connectivity index (χ0n) is 18.6. The lowest BCUT2D eigenvalue weighted by molar-refractivity contribution is -0.137. The molecule has 1 aromatic carbocycles. The van der Waals surface area contributed by atoms with Crippen molar-refractivity contribution >= 4 is 11.9 Å². The molecule has 1 N–H and O–H groups in total. The van der Waals surface area contributed by atoms with Crippen LogP contribution in [0.15, 0.2) is 24.3 Å². The normalized spacial score (nSPS) is 25.6. The summed E-state index contributed by atoms with van der Waals surface area (Å²) in [5, 5.41) is 3.12. The topological polar surface area (TPSA) is 89.5 Å². The molecule has 0 spiro atoms. The summed E-state index contributed by atoms with van der Waals surface area (Å²) >= 11 is 0. The molecule has 178 valence electrons. The molecule has 33 heavy (non-hydrogen) atoms. The van der Waals surface area contributed by atoms with Crippen LogP contribution < -0.4 is 19.7 Å². The first-order valence-electron chi connectivity index (χ1n) is 10.7. The monoisotopic (exact) mass is 465 g/mol. The lowest BCUT2D eigenvalue weighted by atomic mass is 9.85. The fraction of sp³-hybridized carbons (Fsp3) is 0.545. The van der Waals surface area contributed by atoms with Crippen molar-refractivity contribution in [3.8, 4) is 12.0 Å². The number of amides is 1. The van der Waals surface area contributed by atoms with Crippen molar-refractivity contribution in [1.29, 1.82) is 0 Å². The number of fused-ring (bicyclic) bond motifs is 1. The highest BCUT2D eigenvalue weighted by Crippen LogP contribution is 2.47. The maximum absolute atomic E-state index is 13.5. The van der Waals surface area contributed by atoms with Gasteiger partial charge in [-0.25, -0.2) is 0 Å². The Kier molecular flexibility index (Phi) is 6.06. The van der Waals surface area contributed by atoms with Crippen molar-refractivity contribution in [3.63, 3.8) is 0 Å². The molecule has 2 fully saturated rings. The molecule has 2 saturated heterocycles. The van der Waals surface area contributed by atoms with E-state index < -0.39 is 23.3 Å². The van der Waals surface area contributed by atoms with Gasteiger partial charge in [0, 0.05) is 6.42 Å². The number of nitrogens with one attached hydrogen (secondary N) is 1. The molecule has 11 heteroatoms. The zero-order valence-corrected chi connectivity index (χ0v) is 18.6. The molecule has 0 radical (unpaired) electrons. The van der Waals surface area contributed by atoms with E-state index in [0.29, 0.717) is 24.8 Å². The Bertz CT molecular complexity index is 1010. The minimum Gasteiger partial charge on any atom is -0.467 e. The van der Waals surface area contributed by atoms with E-state index in [1.54, 1.807) is 6.07 Å². The SMILES string of the molecule is COc1nc(OC)nc(N2[C@H]3CCCCC(=O)N[C@@]3(C)C[C@H]2c2cccc(C(F)(F)F)c2)n1. The van der Waals surface area contributed by atoms with Crippen molar-refractivity contribution < 1.29 is 27.4 Å². The maximum atomic E-state index is 13.5. The van der Waals surface area contributed by atoms with Gasteiger partial charge in [-0.3, -0.25) is 4.79 Å². The van der Waals surface area contributed by atoms with Crippen LogP contribution in [-0.4, -0.2) is 46.7 Å². The first-order valence-corrected chi connectivity index (χ1v) is 10.7. The van der Waals surface area contributed by atoms with E-state index in [0.717, 1.165) is 25.0 Å². The summed E-state index contributed by atoms with van der Waals surface area (Å²) in [5.41, 5.74) is -0.960. The molecule has 2 aromatic rings. The van der Waals surface area contributed by atoms with Gasteiger partial charge < -0.3 is 19.7 Å². The average molecular weight is 465 g/mol. The molecular formula is C22H26F3N5O3. The molecule has 3 atom stereocenters. The van der Waals surface area contributed by atoms with Crippen LogP contribution in [0, 0.1) is 0 Å². The van der Waals surface area contributed by atoms with Gasteiger partial charge in [-0.15, -0.1) is 4.98 Å². The number of benzene rings is 1. The van der Waals surface area contributed by atoms with Gasteiger partial charge in [-0.2, -0.15) is 23.1 Å². The van der Waals surface area contributed by atoms with E-state index in [4.69, 9.17) is 9.47 Å². The van der Waals surface area contributed by atoms with Crippen LogP contribution in [0.25, 0.3) is 0 Å². The molecule has 8 nitrogen and oxygen atoms in total. The number of hydrogen-bond donors (Lipinski definition) is 1. The number of nitrogens with zero attached hydrogens (tertiary/aromatic N) is 4. The van der Waals surface area contributed by atoms with Crippen LogP contribution in [0.5, 0.6) is 12.0 Å². The van der Waals surface area contributed by atoms with Crippen molar-refractivity contribution in [2.45, 2.75) is 62.8 Å². The molecule has 3 heterocycles. The average Bonchev–Trinajstić information content (AvgIpc) is 3.05. The number of ether oxygens (including phenoxy) is 2. The van der Waals surface area contributed by atoms with Gasteiger partial charge in [0.15, 0.2) is 0 Å². The van der Waals surface area contributed by atoms with E-state index in [9.17, 15) is 18.0 Å². The van der Waals surface area contributed by atoms with E-state index in [1.807, 2.05) is 11.8 Å². The lowest BCUT2D eigenvalue weighted by Gasteiger charge is -2.38. The minimum atomic E-state index is -4.47. The number of hydrogen-bond acceptors (Lipinski definition) is 7. The van der Waals surface area contributed by atoms with Crippen LogP contribution in [0.4, 0.5) is 19.1 Å². The number of anilines is 1. The fourth-order valence-corrected chi connectivity index (χ4v) is 4.86. The van der Waals surface area contributed by atoms with Crippen molar-refractivity contribution in [1.82, 2.24) is 20.3 Å². The Balaban J connectivity index is 1.86. The molecule has 0 aliphatic carbocycles. The third-order valence-corrected chi connectivity index (χ3v) is 6.36. The smallest absolute Gasteiger partial charge is 0.416 e. The second kappa shape index (κ2) is 8.68. The summed E-state index contributed by atoms with van der Waals surface area (Å²) in [5.74, 6) is 0.155. The van der Waals surface area contributed by atoms with Gasteiger partial charge in [0.2, 0.25) is 11.9 Å². The van der Waals surface area contributed by atoms with Gasteiger partial charge in [0.25, 0.3) is 0 Å². The van der Waals surface area contributed by atoms with Crippen molar-refractivity contribution in [2.75, 3.05) is 19.1 Å². The number of aromatic nitrogens is 3. The highest BCUT2D eigenvalue weighted by atomic mass is 19.4. The van der Waals surface area contributed by atoms with Gasteiger partial charge in [0.1, 0.15) is 0 Å². The third kappa shape index (κ3) is 4.53. The van der Waals surface area contributed by atoms with Crippen LogP contribution >= 0.6 is 0 Å². The molecular weight excluding hydrogens is 439 g/mol. The van der Waals surface area contributed by atoms with Crippen molar-refractivity contribution in [2.24, 2.45) is 0 Å². The summed E-state index contributed by atoms with van der Waals surface area (Å²) in [6, 6.07) is 4.54. The van der Waals surface area contributed by atoms with Gasteiger partial charge in [0.05, 0.1) is 37.4 Å². The Morgan fingerprint density at radius 1 is 1.12 bits per heavy atom. The molecule has 0 bridgehead atoms. The van der Waals surface area contributed by atoms with E-state index in [1.165, 1.54) is 20.3 Å². The summed E-state index contributed by atoms with van der Waals surface area (Å²) < 4.78 is 50.8. The van der Waals surface area contributed by atoms with E-state index >= 15 is 0 Å². The Labute approximate surface area is 189 Å². The lowest BCUT2D eigenvalue weighted by Crippen LogP contribution is -2.55. The summed E-state index contributed by atoms with van der Waals surface area (Å²) in [4.78, 5) is 27.2. The predicted molar refractivity (Wildman–Crippen MR) is 113 cm³/mol. The highest BCUT2D eigenvalue weighted by molar-refractivity contribution is 5.77. The van der Waals surface area contributed by atoms with E-state index in [-0.39, 0.29) is 29.9 Å². The first kappa shape index (κ1) is 23.1. The minimum absolute atomic E-state index is 0.0307. The predicted octanol–water partition coefficient (Wildman–Crippen LogP) is 3.68. The molecule has 2 aliphatic heterocycles. The number of alkyl halides is 3. The van der Waals surface area contributed by atoms with Gasteiger partial charge in [-0.1, -0.05) is 18.6 Å². The number of methoxy groups -OCH3 is 2. The molecule has 1 aromatic heterocycles. The Hall–Kier alpha value is -3.11. The molecule has 0 unspecified atom stereocenters. The van der Waals surface area contributed by atoms with Crippen LogP contribution in [0.2, 0.25) is 0 Å². The second-order valence-electron chi connectivity index (χ2n) is 8.59. The Morgan fingerprint density at radius 2 is 1.82 bits per heavy atom. The number of carbonyl (C=O) groups excluding carboxylic acids is 1. The summed E-state index contributed by atoms with van der Waals surface area (Å²) in [6.07, 6.45) is -1.43. The maximum Gasteiger partial charge on any atom is 0.416 e. The first-order chi connectivity index (χ1) is 15.6. The highest BCUT2D eigenvalue weighted by Gasteiger charge is 2.52. The molecule has 1 amide bonds. The molecule has 2 aliphatic rings. The number of carbonyl (C=O) groups is 1. The van der Waals surface area contributed by atoms with E-state index in [2.05, 4.69) is 20.3 Å². The quantitative estimate of drug-likeness (QED) is 0.737. The van der Waals surface area contributed by atoms with Crippen LogP contribution in [-0.2, 0) is 11.0 Å². The largest absolute Gasteiger partial charge is 0.467 e. The van der Waals surface area contributed by atoms with Crippen molar-refractivity contribution in [3.05, 3.63) is 35.4 Å². The number of rotatable bonds is 4. The van der Waals surface area contributed by atoms with Crippen LogP contribution in [0.1, 0.15) is 56.2 Å². The van der Waals surface area contributed by atoms with Crippen LogP contribution in [0.3, 0.4) is 0 Å². The van der Waals surface area contributed by atoms with Gasteiger partial charge >= 0.3 is 18.2 Å². The standard InChI is InChI=1S/C22H26F3N5O3/c1-21-12-15(13-7-6-8-14(11-13)22(23,24)25)30(16(21)9-4-5-10-17(31)29-21)18-26-19(32-2)28-20(27-18)33-3/h6-8,11,15-16H,4-5,9-10,12H2,1-3H3,(H,29,31)/t15-,16-,21-/m0/s1. The van der Waals surface area contributed by atoms with Gasteiger partial charge in [-0.05, 0) is 43.9 Å². The summed E-state index contributed by atoms with van der Waals surface area (Å²) in [7, 11) is 2.82. The third-order valence-electron chi connectivity index (χ3n) is 6.36. The zero-order chi connectivity index (χ0) is 23.8. The summed E-state index contributed by atoms with van der Waals surface area (Å²) in [6.45, 7) is 1.93. The fourth-order valence-electron chi connectivity index (χ4n) is 4.86.